The molecule has 0 spiro atoms. The number of carbonyl (C=O) groups excluding carboxylic acids is 2. The van der Waals surface area contributed by atoms with E-state index in [1.54, 1.807) is 60.7 Å². The van der Waals surface area contributed by atoms with Crippen molar-refractivity contribution in [3.63, 3.8) is 0 Å². The molecule has 1 N–H and O–H groups in total. The van der Waals surface area contributed by atoms with Crippen LogP contribution in [0, 0.1) is 3.57 Å². The maximum Gasteiger partial charge on any atom is 0.264 e. The SMILES string of the molecule is CCC(C)NC(=O)C(Cc1ccccc1)N(Cc1ccc(Cl)cc1Cl)C(=O)CN(c1ccc(I)cc1)S(=O)(=O)c1ccccc1. The van der Waals surface area contributed by atoms with Crippen molar-refractivity contribution in [2.75, 3.05) is 10.8 Å². The summed E-state index contributed by atoms with van der Waals surface area (Å²) in [6, 6.07) is 28.0. The molecule has 236 valence electrons. The molecule has 4 aromatic rings. The molecule has 0 radical (unpaired) electrons. The molecule has 45 heavy (non-hydrogen) atoms. The molecule has 2 atom stereocenters. The van der Waals surface area contributed by atoms with Gasteiger partial charge in [-0.3, -0.25) is 13.9 Å². The number of carbonyl (C=O) groups is 2. The molecule has 0 aliphatic rings. The Morgan fingerprint density at radius 1 is 0.889 bits per heavy atom. The molecule has 0 saturated heterocycles. The van der Waals surface area contributed by atoms with Crippen LogP contribution < -0.4 is 9.62 Å². The number of rotatable bonds is 13. The lowest BCUT2D eigenvalue weighted by Gasteiger charge is -2.34. The highest BCUT2D eigenvalue weighted by molar-refractivity contribution is 14.1. The van der Waals surface area contributed by atoms with Crippen LogP contribution in [0.5, 0.6) is 0 Å². The van der Waals surface area contributed by atoms with Gasteiger partial charge in [0.1, 0.15) is 12.6 Å². The molecule has 11 heteroatoms. The predicted molar refractivity (Wildman–Crippen MR) is 189 cm³/mol. The van der Waals surface area contributed by atoms with E-state index < -0.39 is 28.5 Å². The Hall–Kier alpha value is -3.12. The number of sulfonamides is 1. The second-order valence-corrected chi connectivity index (χ2v) is 14.5. The van der Waals surface area contributed by atoms with Crippen molar-refractivity contribution in [2.24, 2.45) is 0 Å². The largest absolute Gasteiger partial charge is 0.352 e. The standard InChI is InChI=1S/C34H34Cl2IN3O4S/c1-3-24(2)38-34(42)32(20-25-10-6-4-7-11-25)39(22-26-14-15-27(35)21-31(26)36)33(41)23-40(29-18-16-28(37)17-19-29)45(43,44)30-12-8-5-9-13-30/h4-19,21,24,32H,3,20,22-23H2,1-2H3,(H,38,42). The van der Waals surface area contributed by atoms with Crippen LogP contribution in [0.15, 0.2) is 108 Å². The predicted octanol–water partition coefficient (Wildman–Crippen LogP) is 7.35. The zero-order valence-electron chi connectivity index (χ0n) is 24.9. The van der Waals surface area contributed by atoms with Crippen molar-refractivity contribution >= 4 is 73.3 Å². The van der Waals surface area contributed by atoms with Crippen molar-refractivity contribution in [1.29, 1.82) is 0 Å². The Kier molecular flexibility index (Phi) is 12.3. The van der Waals surface area contributed by atoms with Crippen LogP contribution in [-0.4, -0.2) is 43.8 Å². The van der Waals surface area contributed by atoms with Gasteiger partial charge in [-0.2, -0.15) is 0 Å². The zero-order chi connectivity index (χ0) is 32.6. The van der Waals surface area contributed by atoms with Crippen LogP contribution in [0.3, 0.4) is 0 Å². The zero-order valence-corrected chi connectivity index (χ0v) is 29.4. The van der Waals surface area contributed by atoms with E-state index in [-0.39, 0.29) is 29.8 Å². The first-order valence-electron chi connectivity index (χ1n) is 14.4. The third-order valence-corrected chi connectivity index (χ3v) is 10.4. The first-order valence-corrected chi connectivity index (χ1v) is 17.7. The second-order valence-electron chi connectivity index (χ2n) is 10.6. The summed E-state index contributed by atoms with van der Waals surface area (Å²) >= 11 is 14.9. The lowest BCUT2D eigenvalue weighted by molar-refractivity contribution is -0.140. The molecular weight excluding hydrogens is 744 g/mol. The number of anilines is 1. The number of hydrogen-bond acceptors (Lipinski definition) is 4. The van der Waals surface area contributed by atoms with Crippen LogP contribution >= 0.6 is 45.8 Å². The fourth-order valence-electron chi connectivity index (χ4n) is 4.68. The summed E-state index contributed by atoms with van der Waals surface area (Å²) in [6.45, 7) is 3.25. The lowest BCUT2D eigenvalue weighted by atomic mass is 10.0. The summed E-state index contributed by atoms with van der Waals surface area (Å²) in [5, 5.41) is 3.78. The average Bonchev–Trinajstić information content (AvgIpc) is 3.03. The van der Waals surface area contributed by atoms with Gasteiger partial charge in [0.05, 0.1) is 10.6 Å². The Labute approximate surface area is 288 Å². The van der Waals surface area contributed by atoms with Gasteiger partial charge in [-0.1, -0.05) is 84.7 Å². The molecule has 0 aliphatic heterocycles. The van der Waals surface area contributed by atoms with E-state index in [1.807, 2.05) is 44.2 Å². The van der Waals surface area contributed by atoms with E-state index in [0.717, 1.165) is 13.4 Å². The smallest absolute Gasteiger partial charge is 0.264 e. The van der Waals surface area contributed by atoms with Crippen molar-refractivity contribution < 1.29 is 18.0 Å². The first kappa shape index (κ1) is 34.7. The highest BCUT2D eigenvalue weighted by Gasteiger charge is 2.35. The summed E-state index contributed by atoms with van der Waals surface area (Å²) in [7, 11) is -4.17. The van der Waals surface area contributed by atoms with Crippen molar-refractivity contribution in [3.8, 4) is 0 Å². The van der Waals surface area contributed by atoms with Crippen molar-refractivity contribution in [1.82, 2.24) is 10.2 Å². The van der Waals surface area contributed by atoms with Crippen molar-refractivity contribution in [2.45, 2.75) is 50.2 Å². The Morgan fingerprint density at radius 2 is 1.51 bits per heavy atom. The van der Waals surface area contributed by atoms with Crippen LogP contribution in [-0.2, 0) is 32.6 Å². The Bertz CT molecular complexity index is 1710. The molecule has 0 bridgehead atoms. The summed E-state index contributed by atoms with van der Waals surface area (Å²) in [5.41, 5.74) is 1.73. The van der Waals surface area contributed by atoms with Crippen LogP contribution in [0.25, 0.3) is 0 Å². The van der Waals surface area contributed by atoms with E-state index in [0.29, 0.717) is 27.7 Å². The maximum atomic E-state index is 14.5. The van der Waals surface area contributed by atoms with Gasteiger partial charge in [0, 0.05) is 32.6 Å². The highest BCUT2D eigenvalue weighted by Crippen LogP contribution is 2.27. The van der Waals surface area contributed by atoms with Gasteiger partial charge >= 0.3 is 0 Å². The molecule has 0 aromatic heterocycles. The van der Waals surface area contributed by atoms with Gasteiger partial charge in [-0.25, -0.2) is 8.42 Å². The van der Waals surface area contributed by atoms with Crippen LogP contribution in [0.4, 0.5) is 5.69 Å². The molecule has 0 saturated carbocycles. The topological polar surface area (TPSA) is 86.8 Å². The number of benzene rings is 4. The van der Waals surface area contributed by atoms with E-state index >= 15 is 0 Å². The number of amides is 2. The van der Waals surface area contributed by atoms with Gasteiger partial charge in [-0.05, 0) is 95.6 Å². The van der Waals surface area contributed by atoms with Crippen LogP contribution in [0.2, 0.25) is 10.0 Å². The summed E-state index contributed by atoms with van der Waals surface area (Å²) < 4.78 is 30.1. The first-order chi connectivity index (χ1) is 21.5. The third-order valence-electron chi connectivity index (χ3n) is 7.35. The fraction of sp³-hybridized carbons (Fsp3) is 0.235. The maximum absolute atomic E-state index is 14.5. The van der Waals surface area contributed by atoms with Gasteiger partial charge < -0.3 is 10.2 Å². The minimum absolute atomic E-state index is 0.0407. The monoisotopic (exact) mass is 777 g/mol. The summed E-state index contributed by atoms with van der Waals surface area (Å²) in [4.78, 5) is 29.9. The van der Waals surface area contributed by atoms with Crippen LogP contribution in [0.1, 0.15) is 31.4 Å². The average molecular weight is 779 g/mol. The Morgan fingerprint density at radius 3 is 2.11 bits per heavy atom. The molecule has 2 unspecified atom stereocenters. The number of nitrogens with zero attached hydrogens (tertiary/aromatic N) is 2. The third kappa shape index (κ3) is 9.22. The minimum atomic E-state index is -4.17. The number of halogens is 3. The van der Waals surface area contributed by atoms with Gasteiger partial charge in [0.25, 0.3) is 10.0 Å². The molecule has 0 fully saturated rings. The molecular formula is C34H34Cl2IN3O4S. The van der Waals surface area contributed by atoms with E-state index in [2.05, 4.69) is 27.9 Å². The number of nitrogens with one attached hydrogen (secondary N) is 1. The molecule has 0 heterocycles. The van der Waals surface area contributed by atoms with Gasteiger partial charge in [0.2, 0.25) is 11.8 Å². The second kappa shape index (κ2) is 15.9. The van der Waals surface area contributed by atoms with Gasteiger partial charge in [0.15, 0.2) is 0 Å². The number of hydrogen-bond donors (Lipinski definition) is 1. The van der Waals surface area contributed by atoms with Crippen molar-refractivity contribution in [3.05, 3.63) is 128 Å². The fourth-order valence-corrected chi connectivity index (χ4v) is 6.95. The normalized spacial score (nSPS) is 12.6. The molecule has 7 nitrogen and oxygen atoms in total. The molecule has 2 amide bonds. The lowest BCUT2D eigenvalue weighted by Crippen LogP contribution is -2.54. The molecule has 0 aliphatic carbocycles. The minimum Gasteiger partial charge on any atom is -0.352 e. The van der Waals surface area contributed by atoms with E-state index in [1.165, 1.54) is 17.0 Å². The van der Waals surface area contributed by atoms with Gasteiger partial charge in [-0.15, -0.1) is 0 Å². The molecule has 4 aromatic carbocycles. The van der Waals surface area contributed by atoms with E-state index in [4.69, 9.17) is 23.2 Å². The highest BCUT2D eigenvalue weighted by atomic mass is 127. The summed E-state index contributed by atoms with van der Waals surface area (Å²) in [6.07, 6.45) is 0.895. The molecule has 4 rings (SSSR count). The quantitative estimate of drug-likeness (QED) is 0.144. The van der Waals surface area contributed by atoms with E-state index in [9.17, 15) is 18.0 Å². The Balaban J connectivity index is 1.82. The summed E-state index contributed by atoms with van der Waals surface area (Å²) in [5.74, 6) is -0.919.